The van der Waals surface area contributed by atoms with Crippen molar-refractivity contribution in [3.63, 3.8) is 0 Å². The molecule has 0 saturated carbocycles. The molecule has 0 aliphatic carbocycles. The van der Waals surface area contributed by atoms with E-state index in [1.54, 1.807) is 11.8 Å². The van der Waals surface area contributed by atoms with Crippen molar-refractivity contribution in [2.24, 2.45) is 9.98 Å². The number of rotatable bonds is 6. The van der Waals surface area contributed by atoms with Gasteiger partial charge in [-0.05, 0) is 37.6 Å². The Hall–Kier alpha value is -2.94. The molecule has 3 heterocycles. The van der Waals surface area contributed by atoms with Crippen LogP contribution in [0.4, 0.5) is 5.69 Å². The van der Waals surface area contributed by atoms with Crippen molar-refractivity contribution in [3.05, 3.63) is 71.9 Å². The SMILES string of the molecule is Cc1c(C2=NC(Nc3ccccc3)=NCC2)c(SCC2OCCCO2)nn1-c1ccccc1. The predicted molar refractivity (Wildman–Crippen MR) is 133 cm³/mol. The smallest absolute Gasteiger partial charge is 0.222 e. The lowest BCUT2D eigenvalue weighted by Gasteiger charge is -2.22. The van der Waals surface area contributed by atoms with E-state index in [-0.39, 0.29) is 6.29 Å². The number of anilines is 1. The lowest BCUT2D eigenvalue weighted by Crippen LogP contribution is -2.27. The zero-order valence-corrected chi connectivity index (χ0v) is 19.4. The first kappa shape index (κ1) is 21.9. The average molecular weight is 462 g/mol. The largest absolute Gasteiger partial charge is 0.352 e. The minimum atomic E-state index is -0.205. The van der Waals surface area contributed by atoms with E-state index in [9.17, 15) is 0 Å². The Balaban J connectivity index is 1.46. The van der Waals surface area contributed by atoms with Gasteiger partial charge in [-0.2, -0.15) is 5.10 Å². The summed E-state index contributed by atoms with van der Waals surface area (Å²) in [5, 5.41) is 9.24. The molecule has 8 heteroatoms. The number of guanidine groups is 1. The lowest BCUT2D eigenvalue weighted by molar-refractivity contribution is -0.164. The van der Waals surface area contributed by atoms with Gasteiger partial charge in [0, 0.05) is 18.7 Å². The molecule has 33 heavy (non-hydrogen) atoms. The van der Waals surface area contributed by atoms with Gasteiger partial charge in [-0.1, -0.05) is 48.2 Å². The van der Waals surface area contributed by atoms with Gasteiger partial charge < -0.3 is 14.8 Å². The molecule has 170 valence electrons. The Kier molecular flexibility index (Phi) is 6.85. The molecule has 0 spiro atoms. The third kappa shape index (κ3) is 5.19. The highest BCUT2D eigenvalue weighted by molar-refractivity contribution is 7.99. The zero-order valence-electron chi connectivity index (χ0n) is 18.6. The summed E-state index contributed by atoms with van der Waals surface area (Å²) in [6, 6.07) is 20.2. The van der Waals surface area contributed by atoms with Crippen LogP contribution in [0.3, 0.4) is 0 Å². The van der Waals surface area contributed by atoms with E-state index >= 15 is 0 Å². The molecule has 2 aliphatic heterocycles. The van der Waals surface area contributed by atoms with E-state index < -0.39 is 0 Å². The number of para-hydroxylation sites is 2. The van der Waals surface area contributed by atoms with Crippen LogP contribution in [-0.2, 0) is 9.47 Å². The van der Waals surface area contributed by atoms with Crippen LogP contribution in [-0.4, -0.2) is 53.3 Å². The molecule has 1 saturated heterocycles. The summed E-state index contributed by atoms with van der Waals surface area (Å²) in [6.45, 7) is 4.27. The topological polar surface area (TPSA) is 73.0 Å². The number of hydrogen-bond acceptors (Lipinski definition) is 7. The fourth-order valence-corrected chi connectivity index (χ4v) is 4.93. The number of nitrogens with one attached hydrogen (secondary N) is 1. The van der Waals surface area contributed by atoms with E-state index in [1.807, 2.05) is 53.2 Å². The molecule has 0 bridgehead atoms. The van der Waals surface area contributed by atoms with Crippen molar-refractivity contribution in [2.75, 3.05) is 30.8 Å². The first-order chi connectivity index (χ1) is 16.3. The molecule has 2 aromatic carbocycles. The molecule has 0 atom stereocenters. The number of thioether (sulfide) groups is 1. The molecule has 1 fully saturated rings. The van der Waals surface area contributed by atoms with E-state index in [0.29, 0.717) is 18.3 Å². The predicted octanol–water partition coefficient (Wildman–Crippen LogP) is 4.70. The highest BCUT2D eigenvalue weighted by atomic mass is 32.2. The Morgan fingerprint density at radius 2 is 1.76 bits per heavy atom. The highest BCUT2D eigenvalue weighted by Gasteiger charge is 2.24. The van der Waals surface area contributed by atoms with Gasteiger partial charge in [-0.15, -0.1) is 0 Å². The summed E-state index contributed by atoms with van der Waals surface area (Å²) < 4.78 is 13.5. The average Bonchev–Trinajstić information content (AvgIpc) is 3.21. The summed E-state index contributed by atoms with van der Waals surface area (Å²) in [4.78, 5) is 9.49. The van der Waals surface area contributed by atoms with Crippen LogP contribution >= 0.6 is 11.8 Å². The van der Waals surface area contributed by atoms with Gasteiger partial charge in [0.1, 0.15) is 5.03 Å². The number of ether oxygens (including phenoxy) is 2. The molecule has 0 unspecified atom stereocenters. The molecule has 0 amide bonds. The van der Waals surface area contributed by atoms with Gasteiger partial charge in [0.25, 0.3) is 0 Å². The van der Waals surface area contributed by atoms with Crippen molar-refractivity contribution < 1.29 is 9.47 Å². The molecular weight excluding hydrogens is 434 g/mol. The van der Waals surface area contributed by atoms with Crippen LogP contribution < -0.4 is 5.32 Å². The van der Waals surface area contributed by atoms with Crippen molar-refractivity contribution in [1.82, 2.24) is 9.78 Å². The maximum atomic E-state index is 5.75. The molecule has 1 N–H and O–H groups in total. The van der Waals surface area contributed by atoms with Gasteiger partial charge in [0.15, 0.2) is 6.29 Å². The molecule has 1 aromatic heterocycles. The van der Waals surface area contributed by atoms with E-state index in [0.717, 1.165) is 59.4 Å². The van der Waals surface area contributed by atoms with E-state index in [2.05, 4.69) is 29.4 Å². The maximum Gasteiger partial charge on any atom is 0.222 e. The zero-order chi connectivity index (χ0) is 22.5. The minimum Gasteiger partial charge on any atom is -0.352 e. The Morgan fingerprint density at radius 3 is 2.52 bits per heavy atom. The Morgan fingerprint density at radius 1 is 1.03 bits per heavy atom. The van der Waals surface area contributed by atoms with Gasteiger partial charge in [0.05, 0.1) is 41.6 Å². The van der Waals surface area contributed by atoms with Crippen LogP contribution in [0.2, 0.25) is 0 Å². The van der Waals surface area contributed by atoms with Gasteiger partial charge in [-0.3, -0.25) is 4.99 Å². The monoisotopic (exact) mass is 461 g/mol. The number of benzene rings is 2. The first-order valence-electron chi connectivity index (χ1n) is 11.2. The van der Waals surface area contributed by atoms with Crippen LogP contribution in [0, 0.1) is 6.92 Å². The lowest BCUT2D eigenvalue weighted by atomic mass is 10.1. The van der Waals surface area contributed by atoms with Crippen molar-refractivity contribution in [1.29, 1.82) is 0 Å². The summed E-state index contributed by atoms with van der Waals surface area (Å²) in [7, 11) is 0. The van der Waals surface area contributed by atoms with Crippen molar-refractivity contribution >= 4 is 29.1 Å². The van der Waals surface area contributed by atoms with Gasteiger partial charge in [-0.25, -0.2) is 9.67 Å². The normalized spacial score (nSPS) is 16.9. The molecule has 2 aliphatic rings. The second-order valence-electron chi connectivity index (χ2n) is 7.85. The minimum absolute atomic E-state index is 0.205. The highest BCUT2D eigenvalue weighted by Crippen LogP contribution is 2.30. The second-order valence-corrected chi connectivity index (χ2v) is 8.86. The Bertz CT molecular complexity index is 1140. The number of aromatic nitrogens is 2. The van der Waals surface area contributed by atoms with Gasteiger partial charge in [0.2, 0.25) is 5.96 Å². The van der Waals surface area contributed by atoms with Crippen molar-refractivity contribution in [2.45, 2.75) is 31.1 Å². The standard InChI is InChI=1S/C25H27N5O2S/c1-18-23(21-13-14-26-25(28-21)27-19-9-4-2-5-10-19)24(33-17-22-31-15-8-16-32-22)29-30(18)20-11-6-3-7-12-20/h2-7,9-12,22H,8,13-17H2,1H3,(H,26,27). The van der Waals surface area contributed by atoms with E-state index in [1.165, 1.54) is 0 Å². The van der Waals surface area contributed by atoms with Crippen molar-refractivity contribution in [3.8, 4) is 5.69 Å². The van der Waals surface area contributed by atoms with Crippen LogP contribution in [0.1, 0.15) is 24.1 Å². The summed E-state index contributed by atoms with van der Waals surface area (Å²) >= 11 is 1.66. The molecule has 5 rings (SSSR count). The first-order valence-corrected chi connectivity index (χ1v) is 12.2. The number of hydrogen-bond donors (Lipinski definition) is 1. The number of aliphatic imine (C=N–C) groups is 2. The fraction of sp³-hybridized carbons (Fsp3) is 0.320. The molecule has 7 nitrogen and oxygen atoms in total. The fourth-order valence-electron chi connectivity index (χ4n) is 3.90. The quantitative estimate of drug-likeness (QED) is 0.539. The summed E-state index contributed by atoms with van der Waals surface area (Å²) in [5.74, 6) is 1.32. The molecule has 3 aromatic rings. The van der Waals surface area contributed by atoms with E-state index in [4.69, 9.17) is 19.6 Å². The van der Waals surface area contributed by atoms with Crippen LogP contribution in [0.5, 0.6) is 0 Å². The molecule has 0 radical (unpaired) electrons. The van der Waals surface area contributed by atoms with Gasteiger partial charge >= 0.3 is 0 Å². The summed E-state index contributed by atoms with van der Waals surface area (Å²) in [6.07, 6.45) is 1.51. The van der Waals surface area contributed by atoms with Crippen LogP contribution in [0.25, 0.3) is 5.69 Å². The third-order valence-corrected chi connectivity index (χ3v) is 6.50. The Labute approximate surface area is 197 Å². The second kappa shape index (κ2) is 10.3. The molecular formula is C25H27N5O2S. The summed E-state index contributed by atoms with van der Waals surface area (Å²) in [5.41, 5.74) is 5.13. The number of nitrogens with zero attached hydrogens (tertiary/aromatic N) is 4. The maximum absolute atomic E-state index is 5.75. The van der Waals surface area contributed by atoms with Crippen LogP contribution in [0.15, 0.2) is 75.7 Å². The third-order valence-electron chi connectivity index (χ3n) is 5.51.